The van der Waals surface area contributed by atoms with E-state index < -0.39 is 0 Å². The summed E-state index contributed by atoms with van der Waals surface area (Å²) in [6.45, 7) is 5.96. The summed E-state index contributed by atoms with van der Waals surface area (Å²) in [5.74, 6) is 1.05. The molecule has 2 saturated heterocycles. The first kappa shape index (κ1) is 21.1. The average Bonchev–Trinajstić information content (AvgIpc) is 2.96. The van der Waals surface area contributed by atoms with Gasteiger partial charge in [-0.2, -0.15) is 0 Å². The minimum absolute atomic E-state index is 0. The third kappa shape index (κ3) is 5.83. The van der Waals surface area contributed by atoms with Crippen LogP contribution in [0.2, 0.25) is 0 Å². The predicted molar refractivity (Wildman–Crippen MR) is 105 cm³/mol. The Morgan fingerprint density at radius 2 is 1.88 bits per heavy atom. The Balaban J connectivity index is 0.00000144. The number of benzene rings is 1. The molecule has 3 rings (SSSR count). The second-order valence-corrected chi connectivity index (χ2v) is 6.45. The number of halogens is 2. The number of hydrogen-bond donors (Lipinski definition) is 1. The van der Waals surface area contributed by atoms with Gasteiger partial charge < -0.3 is 15.1 Å². The summed E-state index contributed by atoms with van der Waals surface area (Å²) >= 11 is 0. The molecular weight excluding hydrogens is 345 g/mol. The van der Waals surface area contributed by atoms with E-state index in [1.807, 2.05) is 0 Å². The van der Waals surface area contributed by atoms with E-state index in [1.165, 1.54) is 12.1 Å². The predicted octanol–water partition coefficient (Wildman–Crippen LogP) is 2.96. The molecule has 1 unspecified atom stereocenters. The van der Waals surface area contributed by atoms with E-state index in [0.717, 1.165) is 58.5 Å². The Morgan fingerprint density at radius 1 is 1.08 bits per heavy atom. The van der Waals surface area contributed by atoms with Crippen molar-refractivity contribution in [2.24, 2.45) is 5.92 Å². The normalized spacial score (nSPS) is 20.8. The Kier molecular flexibility index (Phi) is 9.49. The fraction of sp³-hybridized carbons (Fsp3) is 0.611. The summed E-state index contributed by atoms with van der Waals surface area (Å²) in [5, 5.41) is 3.38. The van der Waals surface area contributed by atoms with Crippen LogP contribution in [0, 0.1) is 5.92 Å². The lowest BCUT2D eigenvalue weighted by Crippen LogP contribution is -2.35. The van der Waals surface area contributed by atoms with Gasteiger partial charge in [-0.25, -0.2) is 0 Å². The quantitative estimate of drug-likeness (QED) is 0.880. The van der Waals surface area contributed by atoms with Crippen molar-refractivity contribution in [3.63, 3.8) is 0 Å². The maximum atomic E-state index is 12.4. The molecule has 1 aromatic rings. The van der Waals surface area contributed by atoms with Crippen LogP contribution in [0.1, 0.15) is 25.7 Å². The first-order valence-electron chi connectivity index (χ1n) is 8.61. The molecule has 0 spiro atoms. The van der Waals surface area contributed by atoms with E-state index in [4.69, 9.17) is 0 Å². The molecule has 0 aromatic heterocycles. The van der Waals surface area contributed by atoms with Gasteiger partial charge in [-0.1, -0.05) is 18.2 Å². The van der Waals surface area contributed by atoms with Gasteiger partial charge in [-0.3, -0.25) is 4.79 Å². The van der Waals surface area contributed by atoms with Gasteiger partial charge in [0, 0.05) is 38.3 Å². The molecule has 0 bridgehead atoms. The van der Waals surface area contributed by atoms with Gasteiger partial charge in [0.15, 0.2) is 0 Å². The van der Waals surface area contributed by atoms with Gasteiger partial charge in [0.05, 0.1) is 0 Å². The zero-order valence-electron chi connectivity index (χ0n) is 14.2. The van der Waals surface area contributed by atoms with Gasteiger partial charge in [-0.05, 0) is 50.4 Å². The van der Waals surface area contributed by atoms with Crippen LogP contribution in [0.25, 0.3) is 0 Å². The summed E-state index contributed by atoms with van der Waals surface area (Å²) in [6.07, 6.45) is 4.06. The molecule has 1 atom stereocenters. The van der Waals surface area contributed by atoms with Crippen molar-refractivity contribution < 1.29 is 4.79 Å². The van der Waals surface area contributed by atoms with Crippen molar-refractivity contribution >= 4 is 36.4 Å². The molecule has 4 nitrogen and oxygen atoms in total. The van der Waals surface area contributed by atoms with Crippen LogP contribution in [0.4, 0.5) is 5.69 Å². The number of nitrogens with one attached hydrogen (secondary N) is 1. The van der Waals surface area contributed by atoms with E-state index in [1.54, 1.807) is 0 Å². The number of anilines is 1. The van der Waals surface area contributed by atoms with Crippen molar-refractivity contribution in [3.8, 4) is 0 Å². The maximum absolute atomic E-state index is 12.4. The minimum atomic E-state index is 0. The molecule has 1 aromatic carbocycles. The lowest BCUT2D eigenvalue weighted by atomic mass is 10.0. The topological polar surface area (TPSA) is 35.6 Å². The van der Waals surface area contributed by atoms with E-state index >= 15 is 0 Å². The molecule has 1 N–H and O–H groups in total. The van der Waals surface area contributed by atoms with Crippen molar-refractivity contribution in [1.82, 2.24) is 10.2 Å². The Bertz CT molecular complexity index is 480. The van der Waals surface area contributed by atoms with Crippen LogP contribution in [-0.2, 0) is 4.79 Å². The molecule has 0 saturated carbocycles. The lowest BCUT2D eigenvalue weighted by molar-refractivity contribution is -0.131. The average molecular weight is 374 g/mol. The van der Waals surface area contributed by atoms with Gasteiger partial charge in [-0.15, -0.1) is 24.8 Å². The van der Waals surface area contributed by atoms with E-state index in [2.05, 4.69) is 45.4 Å². The van der Waals surface area contributed by atoms with Crippen molar-refractivity contribution in [2.75, 3.05) is 44.2 Å². The molecule has 136 valence electrons. The highest BCUT2D eigenvalue weighted by Gasteiger charge is 2.21. The lowest BCUT2D eigenvalue weighted by Gasteiger charge is -2.24. The van der Waals surface area contributed by atoms with Crippen LogP contribution >= 0.6 is 24.8 Å². The first-order chi connectivity index (χ1) is 10.8. The summed E-state index contributed by atoms with van der Waals surface area (Å²) < 4.78 is 0. The van der Waals surface area contributed by atoms with Crippen molar-refractivity contribution in [1.29, 1.82) is 0 Å². The monoisotopic (exact) mass is 373 g/mol. The first-order valence-corrected chi connectivity index (χ1v) is 8.61. The Hall–Kier alpha value is -0.970. The largest absolute Gasteiger partial charge is 0.370 e. The third-order valence-electron chi connectivity index (χ3n) is 4.90. The number of carbonyl (C=O) groups excluding carboxylic acids is 1. The zero-order valence-corrected chi connectivity index (χ0v) is 15.8. The molecular formula is C18H29Cl2N3O. The molecule has 2 aliphatic rings. The van der Waals surface area contributed by atoms with E-state index in [-0.39, 0.29) is 24.8 Å². The molecule has 2 heterocycles. The molecule has 24 heavy (non-hydrogen) atoms. The summed E-state index contributed by atoms with van der Waals surface area (Å²) in [6, 6.07) is 10.5. The van der Waals surface area contributed by atoms with Gasteiger partial charge in [0.1, 0.15) is 0 Å². The fourth-order valence-electron chi connectivity index (χ4n) is 3.51. The summed E-state index contributed by atoms with van der Waals surface area (Å²) in [5.41, 5.74) is 1.27. The highest BCUT2D eigenvalue weighted by atomic mass is 35.5. The second-order valence-electron chi connectivity index (χ2n) is 6.45. The highest BCUT2D eigenvalue weighted by Crippen LogP contribution is 2.18. The number of para-hydroxylation sites is 1. The SMILES string of the molecule is Cl.Cl.O=C(CCC1CCNC1)N1CCCN(c2ccccc2)CC1. The third-order valence-corrected chi connectivity index (χ3v) is 4.90. The minimum Gasteiger partial charge on any atom is -0.370 e. The molecule has 6 heteroatoms. The maximum Gasteiger partial charge on any atom is 0.222 e. The summed E-state index contributed by atoms with van der Waals surface area (Å²) in [7, 11) is 0. The number of rotatable bonds is 4. The zero-order chi connectivity index (χ0) is 15.2. The highest BCUT2D eigenvalue weighted by molar-refractivity contribution is 5.85. The van der Waals surface area contributed by atoms with Gasteiger partial charge in [0.25, 0.3) is 0 Å². The Labute approximate surface area is 157 Å². The van der Waals surface area contributed by atoms with Gasteiger partial charge in [0.2, 0.25) is 5.91 Å². The van der Waals surface area contributed by atoms with Crippen molar-refractivity contribution in [3.05, 3.63) is 30.3 Å². The van der Waals surface area contributed by atoms with Crippen LogP contribution in [0.15, 0.2) is 30.3 Å². The smallest absolute Gasteiger partial charge is 0.222 e. The van der Waals surface area contributed by atoms with Crippen LogP contribution < -0.4 is 10.2 Å². The molecule has 2 fully saturated rings. The second kappa shape index (κ2) is 10.8. The number of hydrogen-bond acceptors (Lipinski definition) is 3. The summed E-state index contributed by atoms with van der Waals surface area (Å²) in [4.78, 5) is 16.9. The van der Waals surface area contributed by atoms with Crippen molar-refractivity contribution in [2.45, 2.75) is 25.7 Å². The Morgan fingerprint density at radius 3 is 2.58 bits per heavy atom. The number of amides is 1. The van der Waals surface area contributed by atoms with Crippen LogP contribution in [0.5, 0.6) is 0 Å². The standard InChI is InChI=1S/C18H27N3O.2ClH/c22-18(8-7-16-9-10-19-15-16)21-12-4-11-20(13-14-21)17-5-2-1-3-6-17;;/h1-3,5-6,16,19H,4,7-15H2;2*1H. The van der Waals surface area contributed by atoms with Crippen LogP contribution in [-0.4, -0.2) is 50.1 Å². The molecule has 0 radical (unpaired) electrons. The molecule has 0 aliphatic carbocycles. The molecule has 2 aliphatic heterocycles. The molecule has 1 amide bonds. The number of nitrogens with zero attached hydrogens (tertiary/aromatic N) is 2. The van der Waals surface area contributed by atoms with Crippen LogP contribution in [0.3, 0.4) is 0 Å². The van der Waals surface area contributed by atoms with E-state index in [9.17, 15) is 4.79 Å². The van der Waals surface area contributed by atoms with Gasteiger partial charge >= 0.3 is 0 Å². The fourth-order valence-corrected chi connectivity index (χ4v) is 3.51. The number of carbonyl (C=O) groups is 1. The van der Waals surface area contributed by atoms with E-state index in [0.29, 0.717) is 11.8 Å².